The van der Waals surface area contributed by atoms with Crippen molar-refractivity contribution in [2.24, 2.45) is 0 Å². The second kappa shape index (κ2) is 10.4. The van der Waals surface area contributed by atoms with Crippen LogP contribution in [0.4, 0.5) is 10.5 Å². The number of carbonyl (C=O) groups is 1. The van der Waals surface area contributed by atoms with Gasteiger partial charge >= 0.3 is 6.09 Å². The number of anilines is 1. The number of aromatic amines is 1. The van der Waals surface area contributed by atoms with E-state index in [4.69, 9.17) is 14.2 Å². The maximum Gasteiger partial charge on any atom is 0.410 e. The van der Waals surface area contributed by atoms with Crippen molar-refractivity contribution in [1.29, 1.82) is 0 Å². The van der Waals surface area contributed by atoms with Crippen molar-refractivity contribution in [3.8, 4) is 11.5 Å². The number of ether oxygens (including phenoxy) is 3. The first-order chi connectivity index (χ1) is 17.6. The molecule has 0 aliphatic carbocycles. The molecule has 2 N–H and O–H groups in total. The van der Waals surface area contributed by atoms with Gasteiger partial charge in [0, 0.05) is 30.7 Å². The van der Waals surface area contributed by atoms with Gasteiger partial charge in [0.25, 0.3) is 5.56 Å². The molecule has 2 aromatic carbocycles. The second-order valence-corrected chi connectivity index (χ2v) is 8.49. The molecule has 1 aliphatic heterocycles. The van der Waals surface area contributed by atoms with Crippen LogP contribution in [0.2, 0.25) is 0 Å². The van der Waals surface area contributed by atoms with Gasteiger partial charge in [-0.05, 0) is 23.3 Å². The molecule has 9 nitrogen and oxygen atoms in total. The average molecular weight is 487 g/mol. The van der Waals surface area contributed by atoms with Crippen LogP contribution in [0.15, 0.2) is 77.9 Å². The van der Waals surface area contributed by atoms with E-state index in [0.29, 0.717) is 36.6 Å². The molecular weight excluding hydrogens is 460 g/mol. The van der Waals surface area contributed by atoms with Crippen LogP contribution in [0.1, 0.15) is 11.1 Å². The van der Waals surface area contributed by atoms with Gasteiger partial charge in [-0.2, -0.15) is 0 Å². The Balaban J connectivity index is 1.26. The Morgan fingerprint density at radius 3 is 2.67 bits per heavy atom. The molecule has 1 amide bonds. The number of methoxy groups -OCH3 is 1. The van der Waals surface area contributed by atoms with E-state index in [1.54, 1.807) is 24.4 Å². The molecule has 3 heterocycles. The molecule has 1 atom stereocenters. The van der Waals surface area contributed by atoms with Gasteiger partial charge in [-0.15, -0.1) is 0 Å². The lowest BCUT2D eigenvalue weighted by Gasteiger charge is -2.15. The fourth-order valence-electron chi connectivity index (χ4n) is 4.12. The molecule has 0 bridgehead atoms. The van der Waals surface area contributed by atoms with Gasteiger partial charge in [-0.3, -0.25) is 9.78 Å². The highest BCUT2D eigenvalue weighted by Gasteiger charge is 2.32. The molecule has 1 aliphatic rings. The van der Waals surface area contributed by atoms with E-state index in [-0.39, 0.29) is 12.2 Å². The molecule has 5 rings (SSSR count). The second-order valence-electron chi connectivity index (χ2n) is 8.49. The first kappa shape index (κ1) is 23.2. The van der Waals surface area contributed by atoms with Crippen molar-refractivity contribution < 1.29 is 19.0 Å². The summed E-state index contributed by atoms with van der Waals surface area (Å²) in [7, 11) is 1.61. The number of nitrogens with one attached hydrogen (secondary N) is 2. The number of rotatable bonds is 9. The normalized spacial score (nSPS) is 15.1. The van der Waals surface area contributed by atoms with E-state index >= 15 is 0 Å². The molecule has 2 aromatic heterocycles. The summed E-state index contributed by atoms with van der Waals surface area (Å²) in [4.78, 5) is 33.5. The highest BCUT2D eigenvalue weighted by atomic mass is 16.6. The summed E-state index contributed by atoms with van der Waals surface area (Å²) in [5.41, 5.74) is 3.00. The summed E-state index contributed by atoms with van der Waals surface area (Å²) in [6.07, 6.45) is 2.39. The van der Waals surface area contributed by atoms with E-state index in [1.165, 1.54) is 6.07 Å². The van der Waals surface area contributed by atoms with E-state index < -0.39 is 12.2 Å². The van der Waals surface area contributed by atoms with E-state index in [0.717, 1.165) is 22.3 Å². The fraction of sp³-hybridized carbons (Fsp3) is 0.222. The first-order valence-corrected chi connectivity index (χ1v) is 11.6. The molecule has 9 heteroatoms. The molecule has 184 valence electrons. The third kappa shape index (κ3) is 5.25. The van der Waals surface area contributed by atoms with Gasteiger partial charge in [0.2, 0.25) is 0 Å². The van der Waals surface area contributed by atoms with E-state index in [1.807, 2.05) is 54.6 Å². The van der Waals surface area contributed by atoms with Crippen molar-refractivity contribution in [2.75, 3.05) is 25.6 Å². The van der Waals surface area contributed by atoms with Crippen LogP contribution in [0.3, 0.4) is 0 Å². The molecule has 36 heavy (non-hydrogen) atoms. The Labute approximate surface area is 207 Å². The standard InChI is InChI=1S/C27H26N4O5/c1-34-20-9-7-19(8-10-20)15-31-16-21(36-27(31)33)17-35-24-14-28-13-22-23(11-25(32)30-26(22)24)29-12-18-5-3-2-4-6-18/h2-11,13-14,21H,12,15-17H2,1H3,(H2,29,30,32). The molecule has 1 fully saturated rings. The van der Waals surface area contributed by atoms with Gasteiger partial charge in [-0.1, -0.05) is 42.5 Å². The average Bonchev–Trinajstić information content (AvgIpc) is 3.25. The number of benzene rings is 2. The minimum absolute atomic E-state index is 0.134. The third-order valence-corrected chi connectivity index (χ3v) is 5.96. The Hall–Kier alpha value is -4.53. The van der Waals surface area contributed by atoms with Crippen LogP contribution in [-0.4, -0.2) is 47.3 Å². The van der Waals surface area contributed by atoms with Crippen molar-refractivity contribution in [2.45, 2.75) is 19.2 Å². The summed E-state index contributed by atoms with van der Waals surface area (Å²) in [5, 5.41) is 4.04. The molecular formula is C27H26N4O5. The lowest BCUT2D eigenvalue weighted by molar-refractivity contribution is 0.103. The number of H-pyrrole nitrogens is 1. The Kier molecular flexibility index (Phi) is 6.70. The number of amides is 1. The van der Waals surface area contributed by atoms with Crippen LogP contribution in [-0.2, 0) is 17.8 Å². The van der Waals surface area contributed by atoms with E-state index in [9.17, 15) is 9.59 Å². The highest BCUT2D eigenvalue weighted by molar-refractivity contribution is 5.93. The number of hydrogen-bond donors (Lipinski definition) is 2. The Bertz CT molecular complexity index is 1410. The Morgan fingerprint density at radius 1 is 1.08 bits per heavy atom. The van der Waals surface area contributed by atoms with Crippen molar-refractivity contribution in [3.63, 3.8) is 0 Å². The van der Waals surface area contributed by atoms with Crippen molar-refractivity contribution in [3.05, 3.63) is 94.5 Å². The zero-order valence-electron chi connectivity index (χ0n) is 19.8. The molecule has 1 unspecified atom stereocenters. The molecule has 0 radical (unpaired) electrons. The van der Waals surface area contributed by atoms with Gasteiger partial charge in [0.1, 0.15) is 12.4 Å². The van der Waals surface area contributed by atoms with Crippen LogP contribution in [0, 0.1) is 0 Å². The van der Waals surface area contributed by atoms with Crippen LogP contribution >= 0.6 is 0 Å². The van der Waals surface area contributed by atoms with Crippen LogP contribution in [0.5, 0.6) is 11.5 Å². The van der Waals surface area contributed by atoms with Crippen molar-refractivity contribution in [1.82, 2.24) is 14.9 Å². The highest BCUT2D eigenvalue weighted by Crippen LogP contribution is 2.27. The van der Waals surface area contributed by atoms with Gasteiger partial charge in [0.15, 0.2) is 11.9 Å². The largest absolute Gasteiger partial charge is 0.497 e. The predicted molar refractivity (Wildman–Crippen MR) is 135 cm³/mol. The maximum atomic E-state index is 12.4. The smallest absolute Gasteiger partial charge is 0.410 e. The number of fused-ring (bicyclic) bond motifs is 1. The summed E-state index contributed by atoms with van der Waals surface area (Å²) in [5.74, 6) is 1.17. The molecule has 0 spiro atoms. The lowest BCUT2D eigenvalue weighted by atomic mass is 10.2. The summed E-state index contributed by atoms with van der Waals surface area (Å²) in [6.45, 7) is 1.52. The van der Waals surface area contributed by atoms with E-state index in [2.05, 4.69) is 15.3 Å². The molecule has 0 saturated carbocycles. The van der Waals surface area contributed by atoms with Crippen molar-refractivity contribution >= 4 is 22.7 Å². The minimum atomic E-state index is -0.447. The number of nitrogens with zero attached hydrogens (tertiary/aromatic N) is 2. The number of pyridine rings is 2. The first-order valence-electron chi connectivity index (χ1n) is 11.6. The van der Waals surface area contributed by atoms with Gasteiger partial charge in [0.05, 0.1) is 31.1 Å². The summed E-state index contributed by atoms with van der Waals surface area (Å²) >= 11 is 0. The lowest BCUT2D eigenvalue weighted by Crippen LogP contribution is -2.26. The number of cyclic esters (lactones) is 1. The maximum absolute atomic E-state index is 12.4. The minimum Gasteiger partial charge on any atom is -0.497 e. The van der Waals surface area contributed by atoms with Gasteiger partial charge < -0.3 is 29.4 Å². The zero-order valence-corrected chi connectivity index (χ0v) is 19.8. The van der Waals surface area contributed by atoms with Gasteiger partial charge in [-0.25, -0.2) is 4.79 Å². The number of carbonyl (C=O) groups excluding carboxylic acids is 1. The molecule has 4 aromatic rings. The number of aromatic nitrogens is 2. The summed E-state index contributed by atoms with van der Waals surface area (Å²) in [6, 6.07) is 19.0. The predicted octanol–water partition coefficient (Wildman–Crippen LogP) is 3.94. The Morgan fingerprint density at radius 2 is 1.89 bits per heavy atom. The quantitative estimate of drug-likeness (QED) is 0.369. The summed E-state index contributed by atoms with van der Waals surface area (Å²) < 4.78 is 16.6. The van der Waals surface area contributed by atoms with Crippen LogP contribution in [0.25, 0.3) is 10.9 Å². The topological polar surface area (TPSA) is 106 Å². The third-order valence-electron chi connectivity index (χ3n) is 5.96. The monoisotopic (exact) mass is 486 g/mol. The zero-order chi connectivity index (χ0) is 24.9. The van der Waals surface area contributed by atoms with Crippen LogP contribution < -0.4 is 20.3 Å². The SMILES string of the molecule is COc1ccc(CN2CC(COc3cncc4c(NCc5ccccc5)cc(=O)[nH]c34)OC2=O)cc1. The fourth-order valence-corrected chi connectivity index (χ4v) is 4.12. The molecule has 1 saturated heterocycles. The number of hydrogen-bond acceptors (Lipinski definition) is 7.